The third-order valence-corrected chi connectivity index (χ3v) is 4.33. The Hall–Kier alpha value is 0.0700. The molecule has 2 rings (SSSR count). The Morgan fingerprint density at radius 3 is 2.46 bits per heavy atom. The molecule has 6 heteroatoms. The molecule has 76 valence electrons. The first-order valence-corrected chi connectivity index (χ1v) is 5.80. The lowest BCUT2D eigenvalue weighted by Gasteiger charge is -2.48. The zero-order chi connectivity index (χ0) is 9.74. The van der Waals surface area contributed by atoms with Gasteiger partial charge < -0.3 is 0 Å². The maximum Gasteiger partial charge on any atom is 0.488 e. The highest BCUT2D eigenvalue weighted by atomic mass is 31.2. The highest BCUT2D eigenvalue weighted by Gasteiger charge is 2.68. The average Bonchev–Trinajstić information content (AvgIpc) is 2.26. The summed E-state index contributed by atoms with van der Waals surface area (Å²) < 4.78 is 27.3. The first-order valence-electron chi connectivity index (χ1n) is 4.33. The summed E-state index contributed by atoms with van der Waals surface area (Å²) in [7, 11) is 2.16. The van der Waals surface area contributed by atoms with Gasteiger partial charge in [-0.3, -0.25) is 9.01 Å². The molecular formula is C7H15NO4P+. The molecule has 0 unspecified atom stereocenters. The van der Waals surface area contributed by atoms with Crippen molar-refractivity contribution in [1.29, 1.82) is 0 Å². The molecule has 0 radical (unpaired) electrons. The van der Waals surface area contributed by atoms with Gasteiger partial charge in [-0.25, -0.2) is 13.6 Å². The second-order valence-electron chi connectivity index (χ2n) is 4.04. The number of hydrogen-bond acceptors (Lipinski definition) is 4. The van der Waals surface area contributed by atoms with Gasteiger partial charge in [-0.2, -0.15) is 0 Å². The molecule has 0 aromatic rings. The summed E-state index contributed by atoms with van der Waals surface area (Å²) in [5, 5.41) is 0. The second kappa shape index (κ2) is 2.55. The third-order valence-electron chi connectivity index (χ3n) is 2.86. The van der Waals surface area contributed by atoms with Gasteiger partial charge in [0.15, 0.2) is 0 Å². The van der Waals surface area contributed by atoms with Crippen LogP contribution in [0, 0.1) is 0 Å². The fourth-order valence-corrected chi connectivity index (χ4v) is 3.40. The Morgan fingerprint density at radius 1 is 1.46 bits per heavy atom. The maximum atomic E-state index is 11.4. The number of quaternary nitrogens is 1. The summed E-state index contributed by atoms with van der Waals surface area (Å²) in [6, 6.07) is 0. The van der Waals surface area contributed by atoms with Gasteiger partial charge in [0.25, 0.3) is 0 Å². The number of nitrogens with zero attached hydrogens (tertiary/aromatic N) is 1. The van der Waals surface area contributed by atoms with E-state index in [9.17, 15) is 4.57 Å². The molecule has 0 aliphatic carbocycles. The summed E-state index contributed by atoms with van der Waals surface area (Å²) in [5.74, 6) is -0.703. The number of rotatable bonds is 1. The van der Waals surface area contributed by atoms with E-state index < -0.39 is 13.7 Å². The Kier molecular flexibility index (Phi) is 1.89. The van der Waals surface area contributed by atoms with E-state index in [0.29, 0.717) is 4.48 Å². The molecule has 0 saturated carbocycles. The number of hydrogen-bond donors (Lipinski definition) is 0. The minimum atomic E-state index is -3.18. The van der Waals surface area contributed by atoms with Crippen LogP contribution in [0.25, 0.3) is 0 Å². The van der Waals surface area contributed by atoms with Gasteiger partial charge in [-0.15, -0.1) is 0 Å². The van der Waals surface area contributed by atoms with Crippen LogP contribution in [0.2, 0.25) is 0 Å². The monoisotopic (exact) mass is 208 g/mol. The van der Waals surface area contributed by atoms with Gasteiger partial charge in [0.1, 0.15) is 0 Å². The van der Waals surface area contributed by atoms with Crippen LogP contribution in [-0.4, -0.2) is 38.1 Å². The third kappa shape index (κ3) is 1.19. The van der Waals surface area contributed by atoms with E-state index in [4.69, 9.17) is 9.05 Å². The van der Waals surface area contributed by atoms with E-state index in [1.807, 2.05) is 14.1 Å². The lowest BCUT2D eigenvalue weighted by Crippen LogP contribution is -2.62. The lowest BCUT2D eigenvalue weighted by molar-refractivity contribution is -0.982. The molecule has 0 atom stereocenters. The predicted octanol–water partition coefficient (Wildman–Crippen LogP) is 1.31. The van der Waals surface area contributed by atoms with E-state index in [1.165, 1.54) is 7.11 Å². The van der Waals surface area contributed by atoms with E-state index in [1.54, 1.807) is 0 Å². The van der Waals surface area contributed by atoms with Gasteiger partial charge in [0, 0.05) is 13.5 Å². The van der Waals surface area contributed by atoms with Crippen LogP contribution in [0.5, 0.6) is 0 Å². The summed E-state index contributed by atoms with van der Waals surface area (Å²) in [4.78, 5) is 0. The molecule has 2 aliphatic heterocycles. The van der Waals surface area contributed by atoms with Gasteiger partial charge in [0.05, 0.1) is 27.1 Å². The van der Waals surface area contributed by atoms with Crippen molar-refractivity contribution in [2.24, 2.45) is 0 Å². The zero-order valence-corrected chi connectivity index (χ0v) is 9.04. The summed E-state index contributed by atoms with van der Waals surface area (Å²) >= 11 is 0. The molecule has 0 aromatic heterocycles. The van der Waals surface area contributed by atoms with Crippen molar-refractivity contribution in [3.8, 4) is 0 Å². The molecule has 2 saturated heterocycles. The number of phosphoric acid groups is 1. The van der Waals surface area contributed by atoms with Crippen LogP contribution in [0.3, 0.4) is 0 Å². The van der Waals surface area contributed by atoms with E-state index >= 15 is 0 Å². The molecule has 1 spiro atoms. The fourth-order valence-electron chi connectivity index (χ4n) is 1.91. The minimum Gasteiger partial charge on any atom is -0.290 e. The predicted molar refractivity (Wildman–Crippen MR) is 45.7 cm³/mol. The van der Waals surface area contributed by atoms with Crippen molar-refractivity contribution in [2.75, 3.05) is 27.7 Å². The van der Waals surface area contributed by atoms with Crippen molar-refractivity contribution in [3.63, 3.8) is 0 Å². The Bertz CT molecular complexity index is 268. The second-order valence-corrected chi connectivity index (χ2v) is 5.66. The number of phosphoric ester groups is 1. The smallest absolute Gasteiger partial charge is 0.290 e. The SMILES string of the molecule is COP1(=O)OC2(CCC[N+]2(C)C)O1. The molecule has 13 heavy (non-hydrogen) atoms. The largest absolute Gasteiger partial charge is 0.488 e. The van der Waals surface area contributed by atoms with Crippen LogP contribution in [0.15, 0.2) is 0 Å². The quantitative estimate of drug-likeness (QED) is 0.481. The van der Waals surface area contributed by atoms with Gasteiger partial charge in [0.2, 0.25) is 0 Å². The average molecular weight is 208 g/mol. The van der Waals surface area contributed by atoms with Gasteiger partial charge >= 0.3 is 13.7 Å². The standard InChI is InChI=1S/C7H15NO4P/c1-8(2)6-4-5-7(8)11-13(9,10-3)12-7/h4-6H2,1-3H3/q+1. The first-order chi connectivity index (χ1) is 5.93. The summed E-state index contributed by atoms with van der Waals surface area (Å²) in [5.41, 5.74) is 0. The molecule has 2 heterocycles. The van der Waals surface area contributed by atoms with Crippen LogP contribution >= 0.6 is 7.82 Å². The number of likely N-dealkylation sites (tertiary alicyclic amines) is 1. The molecule has 0 N–H and O–H groups in total. The van der Waals surface area contributed by atoms with Gasteiger partial charge in [-0.05, 0) is 0 Å². The van der Waals surface area contributed by atoms with Gasteiger partial charge in [-0.1, -0.05) is 0 Å². The highest BCUT2D eigenvalue weighted by molar-refractivity contribution is 7.49. The summed E-state index contributed by atoms with van der Waals surface area (Å²) in [6.07, 6.45) is 1.81. The molecule has 2 fully saturated rings. The van der Waals surface area contributed by atoms with Crippen molar-refractivity contribution >= 4 is 7.82 Å². The maximum absolute atomic E-state index is 11.4. The minimum absolute atomic E-state index is 0.598. The molecule has 5 nitrogen and oxygen atoms in total. The van der Waals surface area contributed by atoms with Crippen LogP contribution < -0.4 is 0 Å². The van der Waals surface area contributed by atoms with Crippen LogP contribution in [0.1, 0.15) is 12.8 Å². The van der Waals surface area contributed by atoms with E-state index in [-0.39, 0.29) is 0 Å². The van der Waals surface area contributed by atoms with Crippen molar-refractivity contribution < 1.29 is 22.6 Å². The van der Waals surface area contributed by atoms with Crippen LogP contribution in [-0.2, 0) is 18.1 Å². The zero-order valence-electron chi connectivity index (χ0n) is 8.15. The Balaban J connectivity index is 2.15. The first kappa shape index (κ1) is 9.62. The highest BCUT2D eigenvalue weighted by Crippen LogP contribution is 2.69. The van der Waals surface area contributed by atoms with Crippen LogP contribution in [0.4, 0.5) is 0 Å². The molecular weight excluding hydrogens is 193 g/mol. The van der Waals surface area contributed by atoms with Crippen molar-refractivity contribution in [2.45, 2.75) is 18.8 Å². The molecule has 0 amide bonds. The summed E-state index contributed by atoms with van der Waals surface area (Å²) in [6.45, 7) is 0.976. The topological polar surface area (TPSA) is 44.8 Å². The normalized spacial score (nSPS) is 47.9. The Morgan fingerprint density at radius 2 is 2.08 bits per heavy atom. The van der Waals surface area contributed by atoms with E-state index in [2.05, 4.69) is 4.52 Å². The molecule has 2 aliphatic rings. The Labute approximate surface area is 77.8 Å². The lowest BCUT2D eigenvalue weighted by atomic mass is 10.3. The fraction of sp³-hybridized carbons (Fsp3) is 1.00. The molecule has 0 aromatic carbocycles. The molecule has 0 bridgehead atoms. The van der Waals surface area contributed by atoms with Crippen molar-refractivity contribution in [3.05, 3.63) is 0 Å². The van der Waals surface area contributed by atoms with E-state index in [0.717, 1.165) is 19.4 Å². The van der Waals surface area contributed by atoms with Crippen molar-refractivity contribution in [1.82, 2.24) is 0 Å².